The minimum atomic E-state index is -1.99. The van der Waals surface area contributed by atoms with Gasteiger partial charge < -0.3 is 104 Å². The van der Waals surface area contributed by atoms with Gasteiger partial charge in [0.2, 0.25) is 0 Å². The molecule has 4 aliphatic heterocycles. The van der Waals surface area contributed by atoms with Crippen LogP contribution in [-0.2, 0) is 47.5 Å². The van der Waals surface area contributed by atoms with Crippen LogP contribution in [-0.4, -0.2) is 227 Å². The maximum Gasteiger partial charge on any atom is 0.189 e. The van der Waals surface area contributed by atoms with Crippen molar-refractivity contribution in [3.05, 3.63) is 11.6 Å². The van der Waals surface area contributed by atoms with E-state index in [9.17, 15) is 76.0 Å². The first-order chi connectivity index (χ1) is 34.4. The van der Waals surface area contributed by atoms with E-state index in [2.05, 4.69) is 19.9 Å². The third kappa shape index (κ3) is 10.9. The van der Waals surface area contributed by atoms with Gasteiger partial charge >= 0.3 is 0 Å². The van der Waals surface area contributed by atoms with Gasteiger partial charge in [-0.1, -0.05) is 39.3 Å². The van der Waals surface area contributed by atoms with Crippen LogP contribution in [0.5, 0.6) is 0 Å². The molecule has 0 amide bonds. The molecular formula is C50H80O23. The van der Waals surface area contributed by atoms with E-state index in [0.717, 1.165) is 18.4 Å². The molecule has 0 radical (unpaired) electrons. The Labute approximate surface area is 423 Å². The number of aliphatic hydroxyl groups is 13. The number of hydrogen-bond donors (Lipinski definition) is 13. The summed E-state index contributed by atoms with van der Waals surface area (Å²) in [7, 11) is 0. The van der Waals surface area contributed by atoms with Crippen molar-refractivity contribution in [2.75, 3.05) is 19.8 Å². The molecule has 0 aromatic carbocycles. The Kier molecular flexibility index (Phi) is 18.0. The number of carbonyl (C=O) groups excluding carboxylic acids is 2. The zero-order valence-electron chi connectivity index (χ0n) is 42.0. The van der Waals surface area contributed by atoms with E-state index in [4.69, 9.17) is 37.9 Å². The van der Waals surface area contributed by atoms with Crippen LogP contribution in [0.15, 0.2) is 11.6 Å². The van der Waals surface area contributed by atoms with Crippen molar-refractivity contribution >= 4 is 11.6 Å². The third-order valence-electron chi connectivity index (χ3n) is 18.3. The highest BCUT2D eigenvalue weighted by molar-refractivity contribution is 5.92. The summed E-state index contributed by atoms with van der Waals surface area (Å²) >= 11 is 0. The fourth-order valence-corrected chi connectivity index (χ4v) is 13.8. The van der Waals surface area contributed by atoms with Crippen LogP contribution in [0.4, 0.5) is 0 Å². The SMILES string of the molecule is CC1O[C@@H](OC2[C@H](OC3CC[C@@]4(C)C(=CC[C@H]5[C@@H]6CC(=O)[C@H]([C@H](C)C(=O)CC[C@@H](C)CO[C@@H]7OC(CO)[C@@H](O)[C@H](O)C7O)[C@@]6(C)CC[C@@H]54)C3)OC(CO)[C@@H](O[C@@H]3OC(O)[C@H](O)[C@H](O)C3O)[C@@H]2O)C(O)[C@@H](O)[C@H]1O. The Morgan fingerprint density at radius 1 is 0.671 bits per heavy atom. The average Bonchev–Trinajstić information content (AvgIpc) is 3.64. The second kappa shape index (κ2) is 22.9. The van der Waals surface area contributed by atoms with Crippen LogP contribution in [0.2, 0.25) is 0 Å². The maximum atomic E-state index is 14.1. The fourth-order valence-electron chi connectivity index (χ4n) is 13.8. The second-order valence-corrected chi connectivity index (χ2v) is 22.8. The summed E-state index contributed by atoms with van der Waals surface area (Å²) in [5.41, 5.74) is 0.513. The number of allylic oxidation sites excluding steroid dienone is 1. The molecule has 23 nitrogen and oxygen atoms in total. The Hall–Kier alpha value is -1.76. The molecule has 23 heteroatoms. The minimum Gasteiger partial charge on any atom is -0.394 e. The van der Waals surface area contributed by atoms with Gasteiger partial charge in [0.05, 0.1) is 32.0 Å². The quantitative estimate of drug-likeness (QED) is 0.0685. The predicted molar refractivity (Wildman–Crippen MR) is 245 cm³/mol. The molecule has 29 atom stereocenters. The lowest BCUT2D eigenvalue weighted by Crippen LogP contribution is -2.66. The normalized spacial score (nSPS) is 51.1. The third-order valence-corrected chi connectivity index (χ3v) is 18.3. The van der Waals surface area contributed by atoms with Crippen molar-refractivity contribution in [3.8, 4) is 0 Å². The first-order valence-corrected chi connectivity index (χ1v) is 26.1. The Balaban J connectivity index is 0.916. The molecule has 9 unspecified atom stereocenters. The molecule has 0 aromatic heterocycles. The van der Waals surface area contributed by atoms with E-state index in [1.807, 2.05) is 13.8 Å². The van der Waals surface area contributed by atoms with Gasteiger partial charge in [-0.3, -0.25) is 9.59 Å². The predicted octanol–water partition coefficient (Wildman–Crippen LogP) is -3.00. The van der Waals surface area contributed by atoms with E-state index < -0.39 is 160 Å². The Bertz CT molecular complexity index is 1930. The number of aliphatic hydroxyl groups excluding tert-OH is 13. The van der Waals surface area contributed by atoms with E-state index in [1.54, 1.807) is 0 Å². The first kappa shape index (κ1) is 57.4. The van der Waals surface area contributed by atoms with Crippen molar-refractivity contribution in [2.45, 2.75) is 222 Å². The number of ketones is 2. The number of fused-ring (bicyclic) bond motifs is 5. The summed E-state index contributed by atoms with van der Waals surface area (Å²) in [4.78, 5) is 28.0. The van der Waals surface area contributed by atoms with Crippen LogP contribution in [0.25, 0.3) is 0 Å². The molecule has 73 heavy (non-hydrogen) atoms. The van der Waals surface area contributed by atoms with Gasteiger partial charge in [-0.25, -0.2) is 0 Å². The number of carbonyl (C=O) groups is 2. The van der Waals surface area contributed by atoms with Crippen LogP contribution in [0, 0.1) is 46.3 Å². The second-order valence-electron chi connectivity index (χ2n) is 22.8. The van der Waals surface area contributed by atoms with Crippen molar-refractivity contribution in [1.29, 1.82) is 0 Å². The van der Waals surface area contributed by atoms with Gasteiger partial charge in [0.1, 0.15) is 97.0 Å². The monoisotopic (exact) mass is 1050 g/mol. The zero-order valence-corrected chi connectivity index (χ0v) is 42.0. The highest BCUT2D eigenvalue weighted by Crippen LogP contribution is 2.66. The van der Waals surface area contributed by atoms with E-state index in [1.165, 1.54) is 6.92 Å². The van der Waals surface area contributed by atoms with E-state index in [0.29, 0.717) is 38.5 Å². The number of hydrogen-bond acceptors (Lipinski definition) is 23. The summed E-state index contributed by atoms with van der Waals surface area (Å²) in [6.45, 7) is 8.34. The molecule has 8 aliphatic rings. The number of ether oxygens (including phenoxy) is 8. The topological polar surface area (TPSA) is 371 Å². The fraction of sp³-hybridized carbons (Fsp3) is 0.920. The average molecular weight is 1050 g/mol. The standard InChI is InChI=1S/C50H80O23/c1-19(18-66-45-38(61)35(58)33(56)29(16-51)69-45)6-9-27(53)20(2)31-28(54)15-26-24-8-7-22-14-23(10-12-49(22,4)25(24)11-13-50(26,31)5)68-48-43(72-46-39(62)34(57)32(55)21(3)67-46)41(64)42(30(17-52)70-48)71-47-40(63)36(59)37(60)44(65)73-47/h7,19-21,23-26,29-48,51-52,55-65H,6,8-18H2,1-5H3/t19-,20-,21?,23?,24-,25+,26+,29?,30?,31+,32+,33-,34+,35+,36+,37-,38?,39?,40?,41+,42-,43?,44?,45-,46+,47-,48-,49+,50+/m1/s1. The van der Waals surface area contributed by atoms with Gasteiger partial charge in [0.25, 0.3) is 0 Å². The summed E-state index contributed by atoms with van der Waals surface area (Å²) in [6.07, 6.45) is -25.2. The van der Waals surface area contributed by atoms with Crippen molar-refractivity contribution in [2.24, 2.45) is 46.3 Å². The van der Waals surface area contributed by atoms with Crippen LogP contribution >= 0.6 is 0 Å². The lowest BCUT2D eigenvalue weighted by Gasteiger charge is -2.58. The molecule has 418 valence electrons. The van der Waals surface area contributed by atoms with Crippen molar-refractivity contribution in [3.63, 3.8) is 0 Å². The molecular weight excluding hydrogens is 969 g/mol. The van der Waals surface area contributed by atoms with Gasteiger partial charge in [0, 0.05) is 24.7 Å². The number of Topliss-reactive ketones (excluding diaryl/α,β-unsaturated/α-hetero) is 2. The number of rotatable bonds is 16. The maximum absolute atomic E-state index is 14.1. The summed E-state index contributed by atoms with van der Waals surface area (Å²) in [5, 5.41) is 136. The summed E-state index contributed by atoms with van der Waals surface area (Å²) in [5.74, 6) is -0.532. The van der Waals surface area contributed by atoms with Crippen molar-refractivity contribution < 1.29 is 114 Å². The molecule has 4 saturated heterocycles. The molecule has 7 fully saturated rings. The molecule has 13 N–H and O–H groups in total. The summed E-state index contributed by atoms with van der Waals surface area (Å²) < 4.78 is 46.8. The highest BCUT2D eigenvalue weighted by Gasteiger charge is 2.63. The largest absolute Gasteiger partial charge is 0.394 e. The molecule has 8 rings (SSSR count). The van der Waals surface area contributed by atoms with Gasteiger partial charge in [-0.2, -0.15) is 0 Å². The molecule has 3 saturated carbocycles. The first-order valence-electron chi connectivity index (χ1n) is 26.1. The van der Waals surface area contributed by atoms with Gasteiger partial charge in [-0.05, 0) is 86.4 Å². The van der Waals surface area contributed by atoms with Crippen molar-refractivity contribution in [1.82, 2.24) is 0 Å². The van der Waals surface area contributed by atoms with Gasteiger partial charge in [0.15, 0.2) is 31.5 Å². The summed E-state index contributed by atoms with van der Waals surface area (Å²) in [6, 6.07) is 0. The Morgan fingerprint density at radius 3 is 1.97 bits per heavy atom. The molecule has 0 spiro atoms. The smallest absolute Gasteiger partial charge is 0.189 e. The van der Waals surface area contributed by atoms with Gasteiger partial charge in [-0.15, -0.1) is 0 Å². The van der Waals surface area contributed by atoms with Crippen LogP contribution in [0.1, 0.15) is 92.4 Å². The van der Waals surface area contributed by atoms with Crippen LogP contribution in [0.3, 0.4) is 0 Å². The molecule has 4 aliphatic carbocycles. The van der Waals surface area contributed by atoms with E-state index >= 15 is 0 Å². The van der Waals surface area contributed by atoms with E-state index in [-0.39, 0.29) is 53.7 Å². The Morgan fingerprint density at radius 2 is 1.29 bits per heavy atom. The molecule has 0 aromatic rings. The highest BCUT2D eigenvalue weighted by atomic mass is 16.8. The zero-order chi connectivity index (χ0) is 53.2. The minimum absolute atomic E-state index is 0.0144. The van der Waals surface area contributed by atoms with Crippen LogP contribution < -0.4 is 0 Å². The lowest BCUT2D eigenvalue weighted by atomic mass is 9.47. The lowest BCUT2D eigenvalue weighted by molar-refractivity contribution is -0.397. The molecule has 4 heterocycles. The molecule has 0 bridgehead atoms.